The lowest BCUT2D eigenvalue weighted by molar-refractivity contribution is -0.384. The minimum Gasteiger partial charge on any atom is -0.346 e. The Morgan fingerprint density at radius 3 is 2.90 bits per heavy atom. The molecule has 0 unspecified atom stereocenters. The number of hydrogen-bond acceptors (Lipinski definition) is 5. The maximum Gasteiger partial charge on any atom is 0.269 e. The van der Waals surface area contributed by atoms with Crippen LogP contribution in [0.3, 0.4) is 0 Å². The minimum atomic E-state index is -0.445. The van der Waals surface area contributed by atoms with Crippen LogP contribution in [0.5, 0.6) is 0 Å². The smallest absolute Gasteiger partial charge is 0.269 e. The van der Waals surface area contributed by atoms with Crippen molar-refractivity contribution in [1.82, 2.24) is 4.90 Å². The van der Waals surface area contributed by atoms with Gasteiger partial charge in [-0.05, 0) is 18.5 Å². The van der Waals surface area contributed by atoms with Crippen LogP contribution in [0.1, 0.15) is 18.4 Å². The van der Waals surface area contributed by atoms with Crippen LogP contribution in [-0.2, 0) is 16.0 Å². The Bertz CT molecular complexity index is 500. The highest BCUT2D eigenvalue weighted by molar-refractivity contribution is 5.34. The number of likely N-dealkylation sites (tertiary alicyclic amines) is 1. The Hall–Kier alpha value is -1.50. The molecule has 1 aromatic carbocycles. The van der Waals surface area contributed by atoms with Crippen molar-refractivity contribution in [1.29, 1.82) is 0 Å². The molecule has 2 aliphatic heterocycles. The van der Waals surface area contributed by atoms with Crippen LogP contribution in [-0.4, -0.2) is 41.9 Å². The van der Waals surface area contributed by atoms with Crippen molar-refractivity contribution in [3.8, 4) is 0 Å². The number of piperidine rings is 1. The maximum absolute atomic E-state index is 10.8. The molecule has 0 saturated carbocycles. The van der Waals surface area contributed by atoms with Crippen LogP contribution >= 0.6 is 0 Å². The summed E-state index contributed by atoms with van der Waals surface area (Å²) in [6.07, 6.45) is 1.95. The minimum absolute atomic E-state index is 0.141. The van der Waals surface area contributed by atoms with Gasteiger partial charge in [0.25, 0.3) is 5.69 Å². The summed E-state index contributed by atoms with van der Waals surface area (Å²) >= 11 is 0. The average molecular weight is 278 g/mol. The zero-order valence-corrected chi connectivity index (χ0v) is 11.3. The van der Waals surface area contributed by atoms with E-state index in [0.717, 1.165) is 31.5 Å². The zero-order chi connectivity index (χ0) is 14.0. The van der Waals surface area contributed by atoms with E-state index in [-0.39, 0.29) is 10.6 Å². The molecule has 2 aliphatic rings. The van der Waals surface area contributed by atoms with E-state index in [2.05, 4.69) is 4.90 Å². The van der Waals surface area contributed by atoms with Gasteiger partial charge in [-0.2, -0.15) is 0 Å². The van der Waals surface area contributed by atoms with Gasteiger partial charge in [-0.3, -0.25) is 15.0 Å². The third-order valence-electron chi connectivity index (χ3n) is 3.84. The van der Waals surface area contributed by atoms with E-state index in [0.29, 0.717) is 19.8 Å². The molecule has 2 fully saturated rings. The Morgan fingerprint density at radius 2 is 2.15 bits per heavy atom. The summed E-state index contributed by atoms with van der Waals surface area (Å²) in [6, 6.07) is 6.81. The summed E-state index contributed by atoms with van der Waals surface area (Å²) in [4.78, 5) is 12.7. The first-order chi connectivity index (χ1) is 9.67. The third kappa shape index (κ3) is 2.82. The second-order valence-corrected chi connectivity index (χ2v) is 5.35. The van der Waals surface area contributed by atoms with Gasteiger partial charge in [-0.15, -0.1) is 0 Å². The Kier molecular flexibility index (Phi) is 3.69. The van der Waals surface area contributed by atoms with E-state index in [9.17, 15) is 10.1 Å². The zero-order valence-electron chi connectivity index (χ0n) is 11.3. The largest absolute Gasteiger partial charge is 0.346 e. The molecule has 6 heteroatoms. The van der Waals surface area contributed by atoms with Crippen molar-refractivity contribution in [2.24, 2.45) is 0 Å². The fourth-order valence-electron chi connectivity index (χ4n) is 2.96. The summed E-state index contributed by atoms with van der Waals surface area (Å²) in [5.41, 5.74) is 1.09. The van der Waals surface area contributed by atoms with Crippen LogP contribution in [0, 0.1) is 10.1 Å². The van der Waals surface area contributed by atoms with Gasteiger partial charge in [-0.1, -0.05) is 12.1 Å². The van der Waals surface area contributed by atoms with Crippen LogP contribution in [0.2, 0.25) is 0 Å². The van der Waals surface area contributed by atoms with E-state index in [1.54, 1.807) is 12.1 Å². The molecule has 108 valence electrons. The molecule has 0 aliphatic carbocycles. The van der Waals surface area contributed by atoms with E-state index < -0.39 is 5.79 Å². The van der Waals surface area contributed by atoms with Crippen molar-refractivity contribution in [2.75, 3.05) is 26.3 Å². The number of benzene rings is 1. The van der Waals surface area contributed by atoms with E-state index >= 15 is 0 Å². The first-order valence-electron chi connectivity index (χ1n) is 6.91. The molecule has 6 nitrogen and oxygen atoms in total. The molecule has 0 atom stereocenters. The molecule has 2 heterocycles. The van der Waals surface area contributed by atoms with Crippen molar-refractivity contribution < 1.29 is 14.4 Å². The third-order valence-corrected chi connectivity index (χ3v) is 3.84. The van der Waals surface area contributed by atoms with Gasteiger partial charge >= 0.3 is 0 Å². The summed E-state index contributed by atoms with van der Waals surface area (Å²) in [6.45, 7) is 3.71. The molecular formula is C14H18N2O4. The Morgan fingerprint density at radius 1 is 1.35 bits per heavy atom. The second-order valence-electron chi connectivity index (χ2n) is 5.35. The number of ether oxygens (including phenoxy) is 2. The molecule has 0 amide bonds. The highest BCUT2D eigenvalue weighted by Crippen LogP contribution is 2.30. The normalized spacial score (nSPS) is 22.2. The number of nitro groups is 1. The molecule has 0 radical (unpaired) electrons. The molecule has 0 aromatic heterocycles. The van der Waals surface area contributed by atoms with Gasteiger partial charge in [-0.25, -0.2) is 0 Å². The van der Waals surface area contributed by atoms with Gasteiger partial charge in [0.05, 0.1) is 24.7 Å². The number of nitrogens with zero attached hydrogens (tertiary/aromatic N) is 2. The monoisotopic (exact) mass is 278 g/mol. The molecule has 3 rings (SSSR count). The van der Waals surface area contributed by atoms with Gasteiger partial charge in [0.2, 0.25) is 0 Å². The average Bonchev–Trinajstić information content (AvgIpc) is 2.87. The molecule has 2 saturated heterocycles. The van der Waals surface area contributed by atoms with Crippen LogP contribution < -0.4 is 0 Å². The lowest BCUT2D eigenvalue weighted by Gasteiger charge is -2.38. The van der Waals surface area contributed by atoms with Gasteiger partial charge in [0, 0.05) is 25.1 Å². The molecule has 0 bridgehead atoms. The standard InChI is InChI=1S/C14H18N2O4/c17-16(18)13-4-1-3-12(9-13)10-15-6-2-5-14(11-15)19-7-8-20-14/h1,3-4,9H,2,5-8,10-11H2. The summed E-state index contributed by atoms with van der Waals surface area (Å²) in [7, 11) is 0. The van der Waals surface area contributed by atoms with E-state index in [1.165, 1.54) is 6.07 Å². The van der Waals surface area contributed by atoms with Crippen molar-refractivity contribution in [3.05, 3.63) is 39.9 Å². The topological polar surface area (TPSA) is 64.8 Å². The molecule has 1 spiro atoms. The summed E-state index contributed by atoms with van der Waals surface area (Å²) in [5.74, 6) is -0.445. The Balaban J connectivity index is 1.68. The predicted octanol–water partition coefficient (Wildman–Crippen LogP) is 1.93. The van der Waals surface area contributed by atoms with Crippen molar-refractivity contribution in [3.63, 3.8) is 0 Å². The van der Waals surface area contributed by atoms with Crippen LogP contribution in [0.4, 0.5) is 5.69 Å². The van der Waals surface area contributed by atoms with Crippen LogP contribution in [0.25, 0.3) is 0 Å². The number of rotatable bonds is 3. The van der Waals surface area contributed by atoms with Crippen molar-refractivity contribution >= 4 is 5.69 Å². The second kappa shape index (κ2) is 5.47. The predicted molar refractivity (Wildman–Crippen MR) is 72.2 cm³/mol. The van der Waals surface area contributed by atoms with E-state index in [4.69, 9.17) is 9.47 Å². The molecule has 20 heavy (non-hydrogen) atoms. The van der Waals surface area contributed by atoms with Gasteiger partial charge < -0.3 is 9.47 Å². The summed E-state index contributed by atoms with van der Waals surface area (Å²) in [5, 5.41) is 10.8. The van der Waals surface area contributed by atoms with Gasteiger partial charge in [0.1, 0.15) is 0 Å². The van der Waals surface area contributed by atoms with Crippen molar-refractivity contribution in [2.45, 2.75) is 25.2 Å². The lowest BCUT2D eigenvalue weighted by atomic mass is 10.0. The Labute approximate surface area is 117 Å². The SMILES string of the molecule is O=[N+]([O-])c1cccc(CN2CCCC3(C2)OCCO3)c1. The fraction of sp³-hybridized carbons (Fsp3) is 0.571. The quantitative estimate of drug-likeness (QED) is 0.624. The number of hydrogen-bond donors (Lipinski definition) is 0. The molecular weight excluding hydrogens is 260 g/mol. The first-order valence-corrected chi connectivity index (χ1v) is 6.91. The number of nitro benzene ring substituents is 1. The maximum atomic E-state index is 10.8. The number of non-ortho nitro benzene ring substituents is 1. The van der Waals surface area contributed by atoms with Gasteiger partial charge in [0.15, 0.2) is 5.79 Å². The first kappa shape index (κ1) is 13.5. The fourth-order valence-corrected chi connectivity index (χ4v) is 2.96. The molecule has 1 aromatic rings. The molecule has 0 N–H and O–H groups in total. The highest BCUT2D eigenvalue weighted by atomic mass is 16.7. The highest BCUT2D eigenvalue weighted by Gasteiger charge is 2.40. The van der Waals surface area contributed by atoms with Crippen LogP contribution in [0.15, 0.2) is 24.3 Å². The van der Waals surface area contributed by atoms with E-state index in [1.807, 2.05) is 6.07 Å². The summed E-state index contributed by atoms with van der Waals surface area (Å²) < 4.78 is 11.5. The lowest BCUT2D eigenvalue weighted by Crippen LogP contribution is -2.48.